The molecule has 0 aliphatic carbocycles. The summed E-state index contributed by atoms with van der Waals surface area (Å²) in [5.74, 6) is 0. The van der Waals surface area contributed by atoms with Crippen molar-refractivity contribution >= 4 is 35.5 Å². The van der Waals surface area contributed by atoms with Crippen LogP contribution in [0.5, 0.6) is 0 Å². The maximum atomic E-state index is 11.2. The molecule has 40 heavy (non-hydrogen) atoms. The van der Waals surface area contributed by atoms with Gasteiger partial charge in [0.15, 0.2) is 10.2 Å². The van der Waals surface area contributed by atoms with E-state index in [1.807, 2.05) is 37.4 Å². The Hall–Kier alpha value is -2.32. The largest absolute Gasteiger partial charge is 0.337 e. The molecule has 0 aliphatic heterocycles. The fraction of sp³-hybridized carbons (Fsp3) is 0.562. The number of thiol groups is 2. The summed E-state index contributed by atoms with van der Waals surface area (Å²) in [7, 11) is 0. The number of carbonyl (C=O) groups excluding carboxylic acids is 2. The third kappa shape index (κ3) is 12.9. The molecule has 8 heteroatoms. The van der Waals surface area contributed by atoms with Gasteiger partial charge in [0, 0.05) is 50.7 Å². The Kier molecular flexibility index (Phi) is 15.2. The van der Waals surface area contributed by atoms with Crippen LogP contribution in [0.4, 0.5) is 0 Å². The van der Waals surface area contributed by atoms with Crippen molar-refractivity contribution in [2.75, 3.05) is 0 Å². The summed E-state index contributed by atoms with van der Waals surface area (Å²) < 4.78 is 4.31. The SMILES string of the molecule is O=C(S)CCCCCc1cc(CCCCn2ccnc2)c(CCCCn2ccnc2)cc1CCCCCC(=O)S. The highest BCUT2D eigenvalue weighted by molar-refractivity contribution is 7.96. The van der Waals surface area contributed by atoms with Crippen LogP contribution in [0.1, 0.15) is 99.3 Å². The Bertz CT molecular complexity index is 1040. The van der Waals surface area contributed by atoms with Gasteiger partial charge >= 0.3 is 0 Å². The van der Waals surface area contributed by atoms with E-state index in [-0.39, 0.29) is 10.2 Å². The summed E-state index contributed by atoms with van der Waals surface area (Å²) in [4.78, 5) is 30.8. The van der Waals surface area contributed by atoms with Crippen molar-refractivity contribution in [3.05, 3.63) is 71.8 Å². The molecule has 6 nitrogen and oxygen atoms in total. The van der Waals surface area contributed by atoms with Gasteiger partial charge in [-0.1, -0.05) is 25.0 Å². The maximum absolute atomic E-state index is 11.2. The van der Waals surface area contributed by atoms with Crippen LogP contribution in [0, 0.1) is 0 Å². The predicted molar refractivity (Wildman–Crippen MR) is 169 cm³/mol. The zero-order valence-electron chi connectivity index (χ0n) is 23.8. The van der Waals surface area contributed by atoms with Crippen LogP contribution >= 0.6 is 25.3 Å². The van der Waals surface area contributed by atoms with Crippen LogP contribution in [0.15, 0.2) is 49.6 Å². The molecule has 3 aromatic rings. The summed E-state index contributed by atoms with van der Waals surface area (Å²) in [6.45, 7) is 2.01. The fourth-order valence-electron chi connectivity index (χ4n) is 5.32. The van der Waals surface area contributed by atoms with E-state index < -0.39 is 0 Å². The van der Waals surface area contributed by atoms with Crippen molar-refractivity contribution in [1.82, 2.24) is 19.1 Å². The zero-order chi connectivity index (χ0) is 28.4. The van der Waals surface area contributed by atoms with Crippen molar-refractivity contribution in [2.45, 2.75) is 116 Å². The Morgan fingerprint density at radius 1 is 0.550 bits per heavy atom. The van der Waals surface area contributed by atoms with E-state index in [1.54, 1.807) is 0 Å². The average Bonchev–Trinajstić information content (AvgIpc) is 3.64. The minimum atomic E-state index is -0.0178. The summed E-state index contributed by atoms with van der Waals surface area (Å²) in [6.07, 6.45) is 27.6. The number of aryl methyl sites for hydroxylation is 6. The second kappa shape index (κ2) is 18.9. The molecule has 0 spiro atoms. The van der Waals surface area contributed by atoms with Gasteiger partial charge in [0.1, 0.15) is 0 Å². The molecule has 0 atom stereocenters. The minimum absolute atomic E-state index is 0.0178. The first-order valence-corrected chi connectivity index (χ1v) is 15.9. The average molecular weight is 583 g/mol. The number of aromatic nitrogens is 4. The van der Waals surface area contributed by atoms with Crippen LogP contribution in [-0.4, -0.2) is 29.3 Å². The number of benzene rings is 1. The van der Waals surface area contributed by atoms with E-state index >= 15 is 0 Å². The van der Waals surface area contributed by atoms with Gasteiger partial charge in [-0.25, -0.2) is 9.97 Å². The van der Waals surface area contributed by atoms with Crippen LogP contribution in [0.3, 0.4) is 0 Å². The van der Waals surface area contributed by atoms with Gasteiger partial charge in [0.05, 0.1) is 12.7 Å². The standard InChI is InChI=1S/C32H46N4O2S2/c37-31(39)15-5-1-3-11-27-23-29(13-7-9-19-35-21-17-33-25-35)30(14-8-10-20-36-22-18-34-26-36)24-28(27)12-4-2-6-16-32(38)40/h17-18,21-26H,1-16,19-20H2,(H,37,39)(H,38,40). The van der Waals surface area contributed by atoms with Crippen LogP contribution in [0.2, 0.25) is 0 Å². The first kappa shape index (κ1) is 32.2. The Morgan fingerprint density at radius 2 is 0.925 bits per heavy atom. The molecule has 0 saturated heterocycles. The lowest BCUT2D eigenvalue weighted by molar-refractivity contribution is -0.111. The molecule has 2 aromatic heterocycles. The molecule has 218 valence electrons. The second-order valence-electron chi connectivity index (χ2n) is 10.8. The van der Waals surface area contributed by atoms with E-state index in [4.69, 9.17) is 0 Å². The smallest absolute Gasteiger partial charge is 0.185 e. The number of unbranched alkanes of at least 4 members (excludes halogenated alkanes) is 6. The lowest BCUT2D eigenvalue weighted by atomic mass is 9.88. The number of imidazole rings is 2. The molecule has 3 rings (SSSR count). The Balaban J connectivity index is 1.68. The normalized spacial score (nSPS) is 11.2. The number of hydrogen-bond donors (Lipinski definition) is 2. The van der Waals surface area contributed by atoms with E-state index in [2.05, 4.69) is 56.5 Å². The lowest BCUT2D eigenvalue weighted by Crippen LogP contribution is -2.05. The second-order valence-corrected chi connectivity index (χ2v) is 11.8. The summed E-state index contributed by atoms with van der Waals surface area (Å²) in [6, 6.07) is 5.00. The highest BCUT2D eigenvalue weighted by Gasteiger charge is 2.11. The van der Waals surface area contributed by atoms with E-state index in [0.717, 1.165) is 103 Å². The van der Waals surface area contributed by atoms with E-state index in [0.29, 0.717) is 12.8 Å². The van der Waals surface area contributed by atoms with Crippen LogP contribution in [0.25, 0.3) is 0 Å². The highest BCUT2D eigenvalue weighted by atomic mass is 32.1. The lowest BCUT2D eigenvalue weighted by Gasteiger charge is -2.18. The first-order valence-electron chi connectivity index (χ1n) is 15.0. The fourth-order valence-corrected chi connectivity index (χ4v) is 5.63. The molecule has 0 saturated carbocycles. The summed E-state index contributed by atoms with van der Waals surface area (Å²) >= 11 is 7.83. The van der Waals surface area contributed by atoms with E-state index in [9.17, 15) is 9.59 Å². The van der Waals surface area contributed by atoms with Crippen molar-refractivity contribution in [3.63, 3.8) is 0 Å². The van der Waals surface area contributed by atoms with Gasteiger partial charge in [-0.05, 0) is 99.3 Å². The highest BCUT2D eigenvalue weighted by Crippen LogP contribution is 2.25. The number of hydrogen-bond acceptors (Lipinski definition) is 4. The van der Waals surface area contributed by atoms with Gasteiger partial charge in [-0.3, -0.25) is 9.59 Å². The first-order chi connectivity index (χ1) is 19.5. The molecule has 0 aliphatic rings. The van der Waals surface area contributed by atoms with Crippen molar-refractivity contribution in [3.8, 4) is 0 Å². The third-order valence-corrected chi connectivity index (χ3v) is 7.99. The molecule has 1 aromatic carbocycles. The van der Waals surface area contributed by atoms with Gasteiger partial charge in [0.25, 0.3) is 0 Å². The molecular weight excluding hydrogens is 537 g/mol. The molecule has 0 N–H and O–H groups in total. The Labute approximate surface area is 251 Å². The molecule has 0 fully saturated rings. The summed E-state index contributed by atoms with van der Waals surface area (Å²) in [5, 5.41) is -0.0356. The summed E-state index contributed by atoms with van der Waals surface area (Å²) in [5.41, 5.74) is 5.93. The molecular formula is C32H46N4O2S2. The minimum Gasteiger partial charge on any atom is -0.337 e. The Morgan fingerprint density at radius 3 is 1.25 bits per heavy atom. The van der Waals surface area contributed by atoms with Crippen LogP contribution < -0.4 is 0 Å². The quantitative estimate of drug-likeness (QED) is 0.0968. The topological polar surface area (TPSA) is 69.8 Å². The van der Waals surface area contributed by atoms with Gasteiger partial charge in [-0.15, -0.1) is 25.3 Å². The number of rotatable bonds is 22. The maximum Gasteiger partial charge on any atom is 0.185 e. The number of nitrogens with zero attached hydrogens (tertiary/aromatic N) is 4. The van der Waals surface area contributed by atoms with Crippen molar-refractivity contribution < 1.29 is 9.59 Å². The third-order valence-electron chi connectivity index (χ3n) is 7.54. The van der Waals surface area contributed by atoms with Gasteiger partial charge in [-0.2, -0.15) is 0 Å². The molecule has 0 radical (unpaired) electrons. The number of carbonyl (C=O) groups is 2. The van der Waals surface area contributed by atoms with E-state index in [1.165, 1.54) is 22.3 Å². The van der Waals surface area contributed by atoms with Crippen molar-refractivity contribution in [2.24, 2.45) is 0 Å². The van der Waals surface area contributed by atoms with Crippen molar-refractivity contribution in [1.29, 1.82) is 0 Å². The molecule has 0 bridgehead atoms. The predicted octanol–water partition coefficient (Wildman–Crippen LogP) is 7.24. The monoisotopic (exact) mass is 582 g/mol. The van der Waals surface area contributed by atoms with Gasteiger partial charge < -0.3 is 9.13 Å². The zero-order valence-corrected chi connectivity index (χ0v) is 25.6. The van der Waals surface area contributed by atoms with Gasteiger partial charge in [0.2, 0.25) is 0 Å². The van der Waals surface area contributed by atoms with Crippen LogP contribution in [-0.2, 0) is 48.4 Å². The molecule has 0 unspecified atom stereocenters. The molecule has 2 heterocycles. The molecule has 0 amide bonds.